The van der Waals surface area contributed by atoms with Crippen LogP contribution in [0.3, 0.4) is 0 Å². The summed E-state index contributed by atoms with van der Waals surface area (Å²) in [5.41, 5.74) is 10.2. The molecule has 17 heavy (non-hydrogen) atoms. The van der Waals surface area contributed by atoms with E-state index in [9.17, 15) is 0 Å². The fourth-order valence-electron chi connectivity index (χ4n) is 2.07. The summed E-state index contributed by atoms with van der Waals surface area (Å²) < 4.78 is 1.68. The number of benzene rings is 1. The SMILES string of the molecule is Cc1ccc2c(-c3cc(N)n(C)n3)c[nH]c2c1. The lowest BCUT2D eigenvalue weighted by atomic mass is 10.1. The number of nitrogens with one attached hydrogen (secondary N) is 1. The Kier molecular flexibility index (Phi) is 1.98. The minimum Gasteiger partial charge on any atom is -0.384 e. The van der Waals surface area contributed by atoms with Crippen molar-refractivity contribution < 1.29 is 0 Å². The van der Waals surface area contributed by atoms with Crippen LogP contribution < -0.4 is 5.73 Å². The molecule has 0 aliphatic carbocycles. The van der Waals surface area contributed by atoms with E-state index >= 15 is 0 Å². The van der Waals surface area contributed by atoms with Crippen molar-refractivity contribution in [2.45, 2.75) is 6.92 Å². The number of hydrogen-bond donors (Lipinski definition) is 2. The molecule has 0 amide bonds. The number of aryl methyl sites for hydroxylation is 2. The number of nitrogens with two attached hydrogens (primary N) is 1. The Balaban J connectivity index is 2.24. The molecule has 4 nitrogen and oxygen atoms in total. The van der Waals surface area contributed by atoms with Crippen LogP contribution in [0.1, 0.15) is 5.56 Å². The summed E-state index contributed by atoms with van der Waals surface area (Å²) in [6.45, 7) is 2.08. The molecule has 1 aromatic carbocycles. The first-order valence-corrected chi connectivity index (χ1v) is 5.53. The van der Waals surface area contributed by atoms with Gasteiger partial charge in [0.05, 0.1) is 5.69 Å². The molecule has 0 saturated carbocycles. The lowest BCUT2D eigenvalue weighted by Crippen LogP contribution is -1.96. The quantitative estimate of drug-likeness (QED) is 0.669. The van der Waals surface area contributed by atoms with Gasteiger partial charge in [0.1, 0.15) is 5.82 Å². The Bertz CT molecular complexity index is 671. The molecular weight excluding hydrogens is 212 g/mol. The van der Waals surface area contributed by atoms with Gasteiger partial charge in [-0.2, -0.15) is 5.10 Å². The largest absolute Gasteiger partial charge is 0.384 e. The van der Waals surface area contributed by atoms with Gasteiger partial charge in [0.25, 0.3) is 0 Å². The zero-order valence-corrected chi connectivity index (χ0v) is 9.86. The molecule has 2 heterocycles. The third-order valence-corrected chi connectivity index (χ3v) is 3.03. The fraction of sp³-hybridized carbons (Fsp3) is 0.154. The van der Waals surface area contributed by atoms with Crippen molar-refractivity contribution in [2.75, 3.05) is 5.73 Å². The zero-order valence-electron chi connectivity index (χ0n) is 9.86. The smallest absolute Gasteiger partial charge is 0.121 e. The molecule has 4 heteroatoms. The van der Waals surface area contributed by atoms with Crippen LogP contribution in [0.5, 0.6) is 0 Å². The lowest BCUT2D eigenvalue weighted by Gasteiger charge is -1.95. The van der Waals surface area contributed by atoms with Crippen molar-refractivity contribution in [3.8, 4) is 11.3 Å². The van der Waals surface area contributed by atoms with Crippen LogP contribution in [-0.2, 0) is 7.05 Å². The number of aromatic amines is 1. The van der Waals surface area contributed by atoms with E-state index in [-0.39, 0.29) is 0 Å². The Morgan fingerprint density at radius 3 is 2.82 bits per heavy atom. The van der Waals surface area contributed by atoms with Crippen molar-refractivity contribution in [1.29, 1.82) is 0 Å². The first kappa shape index (κ1) is 9.96. The number of aromatic nitrogens is 3. The first-order chi connectivity index (χ1) is 8.15. The van der Waals surface area contributed by atoms with Crippen molar-refractivity contribution in [1.82, 2.24) is 14.8 Å². The third-order valence-electron chi connectivity index (χ3n) is 3.03. The predicted octanol–water partition coefficient (Wildman–Crippen LogP) is 2.46. The van der Waals surface area contributed by atoms with E-state index in [0.717, 1.165) is 16.8 Å². The summed E-state index contributed by atoms with van der Waals surface area (Å²) in [5.74, 6) is 0.668. The molecule has 2 aromatic heterocycles. The first-order valence-electron chi connectivity index (χ1n) is 5.53. The van der Waals surface area contributed by atoms with Gasteiger partial charge in [0, 0.05) is 35.8 Å². The Morgan fingerprint density at radius 2 is 2.12 bits per heavy atom. The molecule has 0 spiro atoms. The van der Waals surface area contributed by atoms with E-state index in [2.05, 4.69) is 35.2 Å². The minimum atomic E-state index is 0.668. The van der Waals surface area contributed by atoms with E-state index in [0.29, 0.717) is 5.82 Å². The standard InChI is InChI=1S/C13H14N4/c1-8-3-4-9-10(7-15-11(9)5-8)12-6-13(14)17(2)16-12/h3-7,15H,14H2,1-2H3. The van der Waals surface area contributed by atoms with Gasteiger partial charge in [-0.05, 0) is 18.6 Å². The van der Waals surface area contributed by atoms with E-state index in [1.807, 2.05) is 19.3 Å². The van der Waals surface area contributed by atoms with Gasteiger partial charge in [-0.25, -0.2) is 0 Å². The normalized spacial score (nSPS) is 11.2. The van der Waals surface area contributed by atoms with Gasteiger partial charge >= 0.3 is 0 Å². The van der Waals surface area contributed by atoms with Crippen molar-refractivity contribution >= 4 is 16.7 Å². The summed E-state index contributed by atoms with van der Waals surface area (Å²) in [4.78, 5) is 3.27. The molecule has 0 unspecified atom stereocenters. The van der Waals surface area contributed by atoms with Gasteiger partial charge in [-0.15, -0.1) is 0 Å². The Hall–Kier alpha value is -2.23. The molecule has 0 aliphatic heterocycles. The maximum atomic E-state index is 5.81. The number of nitrogens with zero attached hydrogens (tertiary/aromatic N) is 2. The number of hydrogen-bond acceptors (Lipinski definition) is 2. The Labute approximate surface area is 99.1 Å². The molecule has 0 aliphatic rings. The number of rotatable bonds is 1. The predicted molar refractivity (Wildman–Crippen MR) is 69.7 cm³/mol. The molecule has 0 saturated heterocycles. The van der Waals surface area contributed by atoms with E-state index in [1.165, 1.54) is 10.9 Å². The van der Waals surface area contributed by atoms with Crippen LogP contribution in [0, 0.1) is 6.92 Å². The second-order valence-corrected chi connectivity index (χ2v) is 4.33. The molecule has 0 radical (unpaired) electrons. The summed E-state index contributed by atoms with van der Waals surface area (Å²) in [6, 6.07) is 8.24. The van der Waals surface area contributed by atoms with Crippen LogP contribution in [-0.4, -0.2) is 14.8 Å². The van der Waals surface area contributed by atoms with Crippen LogP contribution in [0.25, 0.3) is 22.2 Å². The summed E-state index contributed by atoms with van der Waals surface area (Å²) in [5, 5.41) is 5.57. The number of fused-ring (bicyclic) bond motifs is 1. The lowest BCUT2D eigenvalue weighted by molar-refractivity contribution is 0.782. The highest BCUT2D eigenvalue weighted by Crippen LogP contribution is 2.28. The fourth-order valence-corrected chi connectivity index (χ4v) is 2.07. The highest BCUT2D eigenvalue weighted by molar-refractivity contribution is 5.95. The summed E-state index contributed by atoms with van der Waals surface area (Å²) in [7, 11) is 1.85. The topological polar surface area (TPSA) is 59.6 Å². The number of anilines is 1. The maximum absolute atomic E-state index is 5.81. The highest BCUT2D eigenvalue weighted by atomic mass is 15.3. The number of H-pyrrole nitrogens is 1. The molecule has 0 fully saturated rings. The Morgan fingerprint density at radius 1 is 1.29 bits per heavy atom. The van der Waals surface area contributed by atoms with Crippen molar-refractivity contribution in [3.05, 3.63) is 36.0 Å². The summed E-state index contributed by atoms with van der Waals surface area (Å²) in [6.07, 6.45) is 1.98. The van der Waals surface area contributed by atoms with Crippen LogP contribution >= 0.6 is 0 Å². The molecule has 0 bridgehead atoms. The third kappa shape index (κ3) is 1.49. The van der Waals surface area contributed by atoms with E-state index < -0.39 is 0 Å². The van der Waals surface area contributed by atoms with Crippen LogP contribution in [0.4, 0.5) is 5.82 Å². The van der Waals surface area contributed by atoms with Gasteiger partial charge in [-0.1, -0.05) is 12.1 Å². The van der Waals surface area contributed by atoms with Gasteiger partial charge < -0.3 is 10.7 Å². The average molecular weight is 226 g/mol. The van der Waals surface area contributed by atoms with Crippen LogP contribution in [0.15, 0.2) is 30.5 Å². The molecular formula is C13H14N4. The van der Waals surface area contributed by atoms with Gasteiger partial charge in [0.15, 0.2) is 0 Å². The molecule has 3 rings (SSSR count). The molecule has 0 atom stereocenters. The second kappa shape index (κ2) is 3.38. The second-order valence-electron chi connectivity index (χ2n) is 4.33. The van der Waals surface area contributed by atoms with Crippen molar-refractivity contribution in [2.24, 2.45) is 7.05 Å². The van der Waals surface area contributed by atoms with E-state index in [1.54, 1.807) is 4.68 Å². The average Bonchev–Trinajstić information content (AvgIpc) is 2.83. The van der Waals surface area contributed by atoms with Crippen molar-refractivity contribution in [3.63, 3.8) is 0 Å². The molecule has 3 N–H and O–H groups in total. The monoisotopic (exact) mass is 226 g/mol. The number of nitrogen functional groups attached to an aromatic ring is 1. The van der Waals surface area contributed by atoms with E-state index in [4.69, 9.17) is 5.73 Å². The van der Waals surface area contributed by atoms with Gasteiger partial charge in [0.2, 0.25) is 0 Å². The minimum absolute atomic E-state index is 0.668. The molecule has 3 aromatic rings. The summed E-state index contributed by atoms with van der Waals surface area (Å²) >= 11 is 0. The maximum Gasteiger partial charge on any atom is 0.121 e. The zero-order chi connectivity index (χ0) is 12.0. The van der Waals surface area contributed by atoms with Crippen LogP contribution in [0.2, 0.25) is 0 Å². The highest BCUT2D eigenvalue weighted by Gasteiger charge is 2.10. The molecule has 86 valence electrons. The van der Waals surface area contributed by atoms with Gasteiger partial charge in [-0.3, -0.25) is 4.68 Å².